The SMILES string of the molecule is CC(=O)N1CCC(C(=O)N2CCN(C3CC3)c3ccccc32)CC1. The number of benzene rings is 1. The molecule has 2 amide bonds. The van der Waals surface area contributed by atoms with E-state index in [1.165, 1.54) is 18.5 Å². The molecule has 1 saturated carbocycles. The summed E-state index contributed by atoms with van der Waals surface area (Å²) >= 11 is 0. The molecular weight excluding hydrogens is 302 g/mol. The Morgan fingerprint density at radius 1 is 0.917 bits per heavy atom. The highest BCUT2D eigenvalue weighted by Crippen LogP contribution is 2.40. The van der Waals surface area contributed by atoms with Crippen LogP contribution in [0.15, 0.2) is 24.3 Å². The Balaban J connectivity index is 1.51. The lowest BCUT2D eigenvalue weighted by Crippen LogP contribution is -2.49. The Labute approximate surface area is 143 Å². The van der Waals surface area contributed by atoms with Crippen LogP contribution in [0, 0.1) is 5.92 Å². The van der Waals surface area contributed by atoms with E-state index in [1.807, 2.05) is 15.9 Å². The summed E-state index contributed by atoms with van der Waals surface area (Å²) < 4.78 is 0. The molecule has 24 heavy (non-hydrogen) atoms. The first kappa shape index (κ1) is 15.5. The van der Waals surface area contributed by atoms with Crippen LogP contribution in [0.1, 0.15) is 32.6 Å². The fraction of sp³-hybridized carbons (Fsp3) is 0.579. The van der Waals surface area contributed by atoms with Gasteiger partial charge in [-0.3, -0.25) is 9.59 Å². The topological polar surface area (TPSA) is 43.9 Å². The van der Waals surface area contributed by atoms with Gasteiger partial charge in [-0.2, -0.15) is 0 Å². The Bertz CT molecular complexity index is 648. The standard InChI is InChI=1S/C19H25N3O2/c1-14(23)20-10-8-15(9-11-20)19(24)22-13-12-21(16-6-7-16)17-4-2-3-5-18(17)22/h2-5,15-16H,6-13H2,1H3. The normalized spacial score (nSPS) is 21.6. The number of piperidine rings is 1. The number of likely N-dealkylation sites (tertiary alicyclic amines) is 1. The predicted octanol–water partition coefficient (Wildman–Crippen LogP) is 2.26. The Morgan fingerprint density at radius 3 is 2.21 bits per heavy atom. The number of amides is 2. The van der Waals surface area contributed by atoms with Crippen molar-refractivity contribution in [3.8, 4) is 0 Å². The number of hydrogen-bond acceptors (Lipinski definition) is 3. The number of fused-ring (bicyclic) bond motifs is 1. The third-order valence-electron chi connectivity index (χ3n) is 5.59. The van der Waals surface area contributed by atoms with Crippen LogP contribution in [0.25, 0.3) is 0 Å². The van der Waals surface area contributed by atoms with E-state index in [4.69, 9.17) is 0 Å². The molecule has 2 aliphatic heterocycles. The van der Waals surface area contributed by atoms with E-state index in [0.717, 1.165) is 31.6 Å². The molecule has 0 N–H and O–H groups in total. The first-order valence-electron chi connectivity index (χ1n) is 9.07. The highest BCUT2D eigenvalue weighted by atomic mass is 16.2. The third-order valence-corrected chi connectivity index (χ3v) is 5.59. The molecule has 0 spiro atoms. The van der Waals surface area contributed by atoms with Crippen LogP contribution in [0.2, 0.25) is 0 Å². The van der Waals surface area contributed by atoms with E-state index in [0.29, 0.717) is 19.1 Å². The van der Waals surface area contributed by atoms with Crippen molar-refractivity contribution in [3.63, 3.8) is 0 Å². The van der Waals surface area contributed by atoms with Crippen LogP contribution >= 0.6 is 0 Å². The van der Waals surface area contributed by atoms with Gasteiger partial charge in [-0.05, 0) is 37.8 Å². The fourth-order valence-corrected chi connectivity index (χ4v) is 4.04. The summed E-state index contributed by atoms with van der Waals surface area (Å²) in [5, 5.41) is 0. The monoisotopic (exact) mass is 327 g/mol. The molecular formula is C19H25N3O2. The van der Waals surface area contributed by atoms with Gasteiger partial charge in [0.1, 0.15) is 0 Å². The third kappa shape index (κ3) is 2.76. The second-order valence-corrected chi connectivity index (χ2v) is 7.18. The fourth-order valence-electron chi connectivity index (χ4n) is 4.04. The van der Waals surface area contributed by atoms with Crippen molar-refractivity contribution in [2.75, 3.05) is 36.0 Å². The second-order valence-electron chi connectivity index (χ2n) is 7.18. The lowest BCUT2D eigenvalue weighted by molar-refractivity contribution is -0.133. The van der Waals surface area contributed by atoms with E-state index >= 15 is 0 Å². The van der Waals surface area contributed by atoms with E-state index in [9.17, 15) is 9.59 Å². The smallest absolute Gasteiger partial charge is 0.230 e. The number of carbonyl (C=O) groups excluding carboxylic acids is 2. The maximum Gasteiger partial charge on any atom is 0.230 e. The summed E-state index contributed by atoms with van der Waals surface area (Å²) in [6.07, 6.45) is 4.10. The first-order valence-corrected chi connectivity index (χ1v) is 9.07. The lowest BCUT2D eigenvalue weighted by Gasteiger charge is -2.40. The van der Waals surface area contributed by atoms with Crippen LogP contribution in [0.4, 0.5) is 11.4 Å². The van der Waals surface area contributed by atoms with Gasteiger partial charge in [0.15, 0.2) is 0 Å². The van der Waals surface area contributed by atoms with Crippen LogP contribution in [-0.2, 0) is 9.59 Å². The van der Waals surface area contributed by atoms with Gasteiger partial charge in [0.05, 0.1) is 11.4 Å². The van der Waals surface area contributed by atoms with Gasteiger partial charge in [-0.25, -0.2) is 0 Å². The summed E-state index contributed by atoms with van der Waals surface area (Å²) in [5.41, 5.74) is 2.27. The minimum absolute atomic E-state index is 0.0427. The van der Waals surface area contributed by atoms with Crippen LogP contribution in [0.3, 0.4) is 0 Å². The number of anilines is 2. The molecule has 0 bridgehead atoms. The maximum atomic E-state index is 13.1. The molecule has 0 radical (unpaired) electrons. The van der Waals surface area contributed by atoms with Gasteiger partial charge in [-0.15, -0.1) is 0 Å². The lowest BCUT2D eigenvalue weighted by atomic mass is 9.94. The summed E-state index contributed by atoms with van der Waals surface area (Å²) in [6.45, 7) is 4.72. The van der Waals surface area contributed by atoms with Crippen molar-refractivity contribution in [1.29, 1.82) is 0 Å². The van der Waals surface area contributed by atoms with Crippen molar-refractivity contribution in [3.05, 3.63) is 24.3 Å². The van der Waals surface area contributed by atoms with E-state index < -0.39 is 0 Å². The number of carbonyl (C=O) groups is 2. The van der Waals surface area contributed by atoms with Crippen LogP contribution in [0.5, 0.6) is 0 Å². The predicted molar refractivity (Wildman–Crippen MR) is 94.1 cm³/mol. The molecule has 0 aromatic heterocycles. The minimum Gasteiger partial charge on any atom is -0.365 e. The van der Waals surface area contributed by atoms with E-state index in [1.54, 1.807) is 6.92 Å². The highest BCUT2D eigenvalue weighted by Gasteiger charge is 2.37. The molecule has 128 valence electrons. The van der Waals surface area contributed by atoms with Gasteiger partial charge >= 0.3 is 0 Å². The van der Waals surface area contributed by atoms with Gasteiger partial charge in [-0.1, -0.05) is 12.1 Å². The molecule has 1 saturated heterocycles. The van der Waals surface area contributed by atoms with Crippen molar-refractivity contribution >= 4 is 23.2 Å². The Hall–Kier alpha value is -2.04. The number of para-hydroxylation sites is 2. The van der Waals surface area contributed by atoms with E-state index in [-0.39, 0.29) is 17.7 Å². The summed E-state index contributed by atoms with van der Waals surface area (Å²) in [4.78, 5) is 30.9. The van der Waals surface area contributed by atoms with Crippen molar-refractivity contribution in [1.82, 2.24) is 4.90 Å². The Morgan fingerprint density at radius 2 is 1.58 bits per heavy atom. The van der Waals surface area contributed by atoms with Gasteiger partial charge in [0.25, 0.3) is 0 Å². The average Bonchev–Trinajstić information content (AvgIpc) is 3.45. The highest BCUT2D eigenvalue weighted by molar-refractivity contribution is 5.99. The van der Waals surface area contributed by atoms with Gasteiger partial charge in [0, 0.05) is 45.1 Å². The summed E-state index contributed by atoms with van der Waals surface area (Å²) in [6, 6.07) is 8.97. The largest absolute Gasteiger partial charge is 0.365 e. The molecule has 5 heteroatoms. The second kappa shape index (κ2) is 6.11. The molecule has 0 unspecified atom stereocenters. The van der Waals surface area contributed by atoms with Crippen molar-refractivity contribution in [2.24, 2.45) is 5.92 Å². The molecule has 1 aromatic carbocycles. The quantitative estimate of drug-likeness (QED) is 0.837. The Kier molecular flexibility index (Phi) is 3.94. The first-order chi connectivity index (χ1) is 11.6. The molecule has 3 aliphatic rings. The van der Waals surface area contributed by atoms with Crippen LogP contribution < -0.4 is 9.80 Å². The zero-order valence-electron chi connectivity index (χ0n) is 14.3. The van der Waals surface area contributed by atoms with Crippen molar-refractivity contribution < 1.29 is 9.59 Å². The zero-order chi connectivity index (χ0) is 16.7. The molecule has 2 fully saturated rings. The zero-order valence-corrected chi connectivity index (χ0v) is 14.3. The number of rotatable bonds is 2. The van der Waals surface area contributed by atoms with E-state index in [2.05, 4.69) is 23.1 Å². The average molecular weight is 327 g/mol. The van der Waals surface area contributed by atoms with Crippen LogP contribution in [-0.4, -0.2) is 48.9 Å². The van der Waals surface area contributed by atoms with Gasteiger partial charge < -0.3 is 14.7 Å². The molecule has 0 atom stereocenters. The molecule has 5 nitrogen and oxygen atoms in total. The molecule has 4 rings (SSSR count). The summed E-state index contributed by atoms with van der Waals surface area (Å²) in [7, 11) is 0. The number of nitrogens with zero attached hydrogens (tertiary/aromatic N) is 3. The summed E-state index contributed by atoms with van der Waals surface area (Å²) in [5.74, 6) is 0.395. The molecule has 1 aliphatic carbocycles. The molecule has 1 aromatic rings. The molecule has 2 heterocycles. The minimum atomic E-state index is 0.0427. The maximum absolute atomic E-state index is 13.1. The van der Waals surface area contributed by atoms with Crippen molar-refractivity contribution in [2.45, 2.75) is 38.6 Å². The van der Waals surface area contributed by atoms with Gasteiger partial charge in [0.2, 0.25) is 11.8 Å². The number of hydrogen-bond donors (Lipinski definition) is 0.